The van der Waals surface area contributed by atoms with Gasteiger partial charge in [0.1, 0.15) is 11.5 Å². The van der Waals surface area contributed by atoms with Crippen molar-refractivity contribution in [3.05, 3.63) is 60.4 Å². The van der Waals surface area contributed by atoms with Gasteiger partial charge >= 0.3 is 0 Å². The average molecular weight is 424 g/mol. The zero-order valence-corrected chi connectivity index (χ0v) is 17.5. The molecule has 1 aromatic heterocycles. The lowest BCUT2D eigenvalue weighted by molar-refractivity contribution is -0.113. The number of hydrogen-bond acceptors (Lipinski definition) is 6. The Bertz CT molecular complexity index is 969. The van der Waals surface area contributed by atoms with E-state index in [9.17, 15) is 4.79 Å². The van der Waals surface area contributed by atoms with E-state index in [2.05, 4.69) is 15.5 Å². The summed E-state index contributed by atoms with van der Waals surface area (Å²) >= 11 is 1.29. The van der Waals surface area contributed by atoms with Crippen LogP contribution in [-0.4, -0.2) is 26.5 Å². The maximum atomic E-state index is 12.3. The second kappa shape index (κ2) is 9.67. The van der Waals surface area contributed by atoms with E-state index in [-0.39, 0.29) is 11.7 Å². The van der Waals surface area contributed by atoms with Gasteiger partial charge in [0.25, 0.3) is 0 Å². The number of nitrogen functional groups attached to an aromatic ring is 1. The van der Waals surface area contributed by atoms with E-state index in [1.807, 2.05) is 54.6 Å². The predicted molar refractivity (Wildman–Crippen MR) is 118 cm³/mol. The summed E-state index contributed by atoms with van der Waals surface area (Å²) in [6.07, 6.45) is 5.89. The van der Waals surface area contributed by atoms with Crippen LogP contribution in [0.1, 0.15) is 43.8 Å². The molecule has 1 fully saturated rings. The van der Waals surface area contributed by atoms with Gasteiger partial charge in [-0.15, -0.1) is 10.2 Å². The molecular weight excluding hydrogens is 398 g/mol. The van der Waals surface area contributed by atoms with Gasteiger partial charge in [-0.25, -0.2) is 4.68 Å². The van der Waals surface area contributed by atoms with Crippen LogP contribution in [0.4, 0.5) is 5.69 Å². The maximum Gasteiger partial charge on any atom is 0.234 e. The molecule has 1 aliphatic rings. The summed E-state index contributed by atoms with van der Waals surface area (Å²) in [6.45, 7) is 0. The molecule has 8 heteroatoms. The van der Waals surface area contributed by atoms with Crippen LogP contribution in [0.5, 0.6) is 11.5 Å². The van der Waals surface area contributed by atoms with E-state index in [1.54, 1.807) is 4.68 Å². The minimum atomic E-state index is -0.126. The van der Waals surface area contributed by atoms with Crippen molar-refractivity contribution < 1.29 is 9.53 Å². The first-order valence-corrected chi connectivity index (χ1v) is 11.1. The number of amides is 1. The van der Waals surface area contributed by atoms with Crippen LogP contribution in [0.3, 0.4) is 0 Å². The minimum absolute atomic E-state index is 0.126. The zero-order valence-electron chi connectivity index (χ0n) is 16.7. The molecule has 156 valence electrons. The Morgan fingerprint density at radius 3 is 2.47 bits per heavy atom. The summed E-state index contributed by atoms with van der Waals surface area (Å²) in [7, 11) is 0. The Morgan fingerprint density at radius 2 is 1.73 bits per heavy atom. The van der Waals surface area contributed by atoms with Gasteiger partial charge in [0.2, 0.25) is 11.1 Å². The van der Waals surface area contributed by atoms with Gasteiger partial charge in [-0.05, 0) is 49.2 Å². The number of nitrogens with two attached hydrogens (primary N) is 1. The molecule has 0 atom stereocenters. The lowest BCUT2D eigenvalue weighted by Crippen LogP contribution is -2.19. The number of ether oxygens (including phenoxy) is 1. The molecule has 0 saturated heterocycles. The third-order valence-corrected chi connectivity index (χ3v) is 6.05. The highest BCUT2D eigenvalue weighted by molar-refractivity contribution is 7.99. The Morgan fingerprint density at radius 1 is 1.03 bits per heavy atom. The van der Waals surface area contributed by atoms with Crippen LogP contribution in [0, 0.1) is 0 Å². The van der Waals surface area contributed by atoms with E-state index >= 15 is 0 Å². The molecule has 0 radical (unpaired) electrons. The SMILES string of the molecule is Nn1c(SCC(=O)Nc2ccc(Oc3ccccc3)cc2)nnc1C1CCCCC1. The van der Waals surface area contributed by atoms with E-state index in [0.717, 1.165) is 24.4 Å². The number of thioether (sulfide) groups is 1. The molecular formula is C22H25N5O2S. The lowest BCUT2D eigenvalue weighted by atomic mass is 9.89. The number of para-hydroxylation sites is 1. The van der Waals surface area contributed by atoms with Gasteiger partial charge in [-0.3, -0.25) is 4.79 Å². The summed E-state index contributed by atoms with van der Waals surface area (Å²) in [4.78, 5) is 12.3. The number of benzene rings is 2. The number of carbonyl (C=O) groups is 1. The van der Waals surface area contributed by atoms with E-state index in [4.69, 9.17) is 10.6 Å². The third-order valence-electron chi connectivity index (χ3n) is 5.11. The number of rotatable bonds is 7. The fourth-order valence-electron chi connectivity index (χ4n) is 3.58. The fraction of sp³-hybridized carbons (Fsp3) is 0.318. The molecule has 1 saturated carbocycles. The van der Waals surface area contributed by atoms with Crippen LogP contribution < -0.4 is 15.9 Å². The van der Waals surface area contributed by atoms with E-state index < -0.39 is 0 Å². The van der Waals surface area contributed by atoms with Gasteiger partial charge in [0.15, 0.2) is 5.82 Å². The molecule has 4 rings (SSSR count). The standard InChI is InChI=1S/C22H25N5O2S/c23-27-21(16-7-3-1-4-8-16)25-26-22(27)30-15-20(28)24-17-11-13-19(14-12-17)29-18-9-5-2-6-10-18/h2,5-6,9-14,16H,1,3-4,7-8,15,23H2,(H,24,28). The van der Waals surface area contributed by atoms with Gasteiger partial charge in [0, 0.05) is 11.6 Å². The van der Waals surface area contributed by atoms with E-state index in [0.29, 0.717) is 22.5 Å². The molecule has 1 heterocycles. The Hall–Kier alpha value is -3.00. The van der Waals surface area contributed by atoms with Gasteiger partial charge in [0.05, 0.1) is 5.75 Å². The summed E-state index contributed by atoms with van der Waals surface area (Å²) in [5, 5.41) is 11.9. The zero-order chi connectivity index (χ0) is 20.8. The molecule has 1 amide bonds. The molecule has 0 unspecified atom stereocenters. The van der Waals surface area contributed by atoms with Crippen LogP contribution >= 0.6 is 11.8 Å². The van der Waals surface area contributed by atoms with Crippen molar-refractivity contribution in [1.29, 1.82) is 0 Å². The van der Waals surface area contributed by atoms with Crippen molar-refractivity contribution in [2.75, 3.05) is 16.9 Å². The quantitative estimate of drug-likeness (QED) is 0.427. The second-order valence-corrected chi connectivity index (χ2v) is 8.26. The first-order valence-electron chi connectivity index (χ1n) is 10.1. The normalized spacial score (nSPS) is 14.4. The summed E-state index contributed by atoms with van der Waals surface area (Å²) in [5.74, 6) is 8.94. The Labute approximate surface area is 180 Å². The molecule has 3 aromatic rings. The van der Waals surface area contributed by atoms with Crippen molar-refractivity contribution in [2.24, 2.45) is 0 Å². The van der Waals surface area contributed by atoms with Crippen LogP contribution in [0.15, 0.2) is 59.8 Å². The summed E-state index contributed by atoms with van der Waals surface area (Å²) in [6, 6.07) is 16.8. The molecule has 0 aliphatic heterocycles. The van der Waals surface area contributed by atoms with Crippen molar-refractivity contribution >= 4 is 23.4 Å². The van der Waals surface area contributed by atoms with Crippen LogP contribution in [-0.2, 0) is 4.79 Å². The van der Waals surface area contributed by atoms with E-state index in [1.165, 1.54) is 31.0 Å². The molecule has 7 nitrogen and oxygen atoms in total. The number of hydrogen-bond donors (Lipinski definition) is 2. The number of aromatic nitrogens is 3. The number of carbonyl (C=O) groups excluding carboxylic acids is 1. The first-order chi connectivity index (χ1) is 14.7. The fourth-order valence-corrected chi connectivity index (χ4v) is 4.25. The first kappa shape index (κ1) is 20.3. The average Bonchev–Trinajstić information content (AvgIpc) is 3.15. The molecule has 2 aromatic carbocycles. The monoisotopic (exact) mass is 423 g/mol. The highest BCUT2D eigenvalue weighted by atomic mass is 32.2. The number of anilines is 1. The predicted octanol–water partition coefficient (Wildman–Crippen LogP) is 4.56. The number of nitrogens with zero attached hydrogens (tertiary/aromatic N) is 3. The Kier molecular flexibility index (Phi) is 6.53. The van der Waals surface area contributed by atoms with Crippen molar-refractivity contribution in [2.45, 2.75) is 43.2 Å². The number of nitrogens with one attached hydrogen (secondary N) is 1. The minimum Gasteiger partial charge on any atom is -0.457 e. The smallest absolute Gasteiger partial charge is 0.234 e. The highest BCUT2D eigenvalue weighted by Gasteiger charge is 2.22. The molecule has 1 aliphatic carbocycles. The summed E-state index contributed by atoms with van der Waals surface area (Å²) in [5.41, 5.74) is 0.707. The Balaban J connectivity index is 1.28. The molecule has 3 N–H and O–H groups in total. The van der Waals surface area contributed by atoms with Crippen molar-refractivity contribution in [3.8, 4) is 11.5 Å². The van der Waals surface area contributed by atoms with Crippen LogP contribution in [0.2, 0.25) is 0 Å². The maximum absolute atomic E-state index is 12.3. The summed E-state index contributed by atoms with van der Waals surface area (Å²) < 4.78 is 7.31. The third kappa shape index (κ3) is 5.13. The second-order valence-electron chi connectivity index (χ2n) is 7.32. The van der Waals surface area contributed by atoms with Gasteiger partial charge in [-0.1, -0.05) is 49.2 Å². The molecule has 30 heavy (non-hydrogen) atoms. The van der Waals surface area contributed by atoms with Crippen molar-refractivity contribution in [1.82, 2.24) is 14.9 Å². The highest BCUT2D eigenvalue weighted by Crippen LogP contribution is 2.32. The van der Waals surface area contributed by atoms with Gasteiger partial charge in [-0.2, -0.15) is 0 Å². The lowest BCUT2D eigenvalue weighted by Gasteiger charge is -2.20. The van der Waals surface area contributed by atoms with Crippen LogP contribution in [0.25, 0.3) is 0 Å². The van der Waals surface area contributed by atoms with Crippen molar-refractivity contribution in [3.63, 3.8) is 0 Å². The topological polar surface area (TPSA) is 95.1 Å². The van der Waals surface area contributed by atoms with Gasteiger partial charge < -0.3 is 15.9 Å². The molecule has 0 spiro atoms. The largest absolute Gasteiger partial charge is 0.457 e. The molecule has 0 bridgehead atoms.